The molecule has 15 aromatic rings. The Bertz CT molecular complexity index is 5200. The average molecular weight is 1080 g/mol. The van der Waals surface area contributed by atoms with Gasteiger partial charge in [-0.15, -0.1) is 0 Å². The molecule has 1 spiro atoms. The van der Waals surface area contributed by atoms with Gasteiger partial charge in [0.1, 0.15) is 11.5 Å². The quantitative estimate of drug-likeness (QED) is 0.163. The van der Waals surface area contributed by atoms with Crippen LogP contribution in [0.25, 0.3) is 98.7 Å². The van der Waals surface area contributed by atoms with Gasteiger partial charge >= 0.3 is 0 Å². The Morgan fingerprint density at radius 3 is 1.41 bits per heavy atom. The second-order valence-electron chi connectivity index (χ2n) is 21.5. The number of aromatic nitrogens is 5. The molecule has 1 atom stereocenters. The molecule has 0 saturated heterocycles. The Morgan fingerprint density at radius 1 is 0.422 bits per heavy atom. The van der Waals surface area contributed by atoms with Crippen molar-refractivity contribution in [3.05, 3.63) is 282 Å². The molecule has 0 bridgehead atoms. The molecule has 5 aromatic heterocycles. The summed E-state index contributed by atoms with van der Waals surface area (Å²) in [5, 5.41) is 16.5. The first-order valence-corrected chi connectivity index (χ1v) is 28.3. The first-order valence-electron chi connectivity index (χ1n) is 27.5. The molecule has 10 aromatic carbocycles. The van der Waals surface area contributed by atoms with Gasteiger partial charge in [0, 0.05) is 82.5 Å². The number of para-hydroxylation sites is 6. The highest BCUT2D eigenvalue weighted by Gasteiger charge is 2.53. The summed E-state index contributed by atoms with van der Waals surface area (Å²) in [6.45, 7) is 7.94. The number of hydrogen-bond donors (Lipinski definition) is 0. The molecule has 1 unspecified atom stereocenters. The zero-order valence-corrected chi connectivity index (χ0v) is 44.8. The minimum absolute atomic E-state index is 0.591. The van der Waals surface area contributed by atoms with Gasteiger partial charge in [-0.05, 0) is 109 Å². The molecule has 7 heterocycles. The lowest BCUT2D eigenvalue weighted by molar-refractivity contribution is 0.436. The minimum Gasteiger partial charge on any atom is -0.457 e. The number of benzene rings is 10. The summed E-state index contributed by atoms with van der Waals surface area (Å²) in [4.78, 5) is 19.7. The van der Waals surface area contributed by atoms with Crippen molar-refractivity contribution in [3.8, 4) is 46.0 Å². The third-order valence-electron chi connectivity index (χ3n) is 17.4. The molecule has 0 saturated carbocycles. The maximum absolute atomic E-state index is 10.1. The molecular formula is C73H40N8OS. The number of hydrogen-bond acceptors (Lipinski definition) is 6. The fourth-order valence-corrected chi connectivity index (χ4v) is 15.0. The number of nitrogens with zero attached hydrogens (tertiary/aromatic N) is 8. The Labute approximate surface area is 479 Å². The molecule has 83 heavy (non-hydrogen) atoms. The van der Waals surface area contributed by atoms with E-state index in [4.69, 9.17) is 21.3 Å². The van der Waals surface area contributed by atoms with Crippen molar-refractivity contribution >= 4 is 99.9 Å². The lowest BCUT2D eigenvalue weighted by atomic mass is 9.66. The Balaban J connectivity index is 0.957. The van der Waals surface area contributed by atoms with Gasteiger partial charge in [-0.1, -0.05) is 127 Å². The molecule has 0 radical (unpaired) electrons. The van der Waals surface area contributed by atoms with Crippen LogP contribution in [0.3, 0.4) is 0 Å². The number of ether oxygens (including phenoxy) is 1. The van der Waals surface area contributed by atoms with E-state index < -0.39 is 5.41 Å². The third kappa shape index (κ3) is 6.19. The van der Waals surface area contributed by atoms with E-state index in [0.29, 0.717) is 22.7 Å². The molecule has 2 aliphatic heterocycles. The number of fused-ring (bicyclic) bond motifs is 20. The van der Waals surface area contributed by atoms with Crippen LogP contribution in [0, 0.1) is 17.9 Å². The van der Waals surface area contributed by atoms with Crippen LogP contribution < -0.4 is 9.64 Å². The van der Waals surface area contributed by atoms with Crippen LogP contribution in [-0.2, 0) is 5.41 Å². The molecule has 0 amide bonds. The number of pyridine rings is 2. The lowest BCUT2D eigenvalue weighted by Crippen LogP contribution is -2.33. The smallest absolute Gasteiger partial charge is 0.188 e. The van der Waals surface area contributed by atoms with Crippen molar-refractivity contribution in [2.75, 3.05) is 4.90 Å². The normalized spacial score (nSPS) is 14.6. The fraction of sp³-hybridized carbons (Fsp3) is 0.0137. The summed E-state index contributed by atoms with van der Waals surface area (Å²) in [6, 6.07) is 83.6. The maximum Gasteiger partial charge on any atom is 0.188 e. The van der Waals surface area contributed by atoms with E-state index in [1.54, 1.807) is 11.8 Å². The van der Waals surface area contributed by atoms with Crippen molar-refractivity contribution in [2.45, 2.75) is 15.2 Å². The molecule has 384 valence electrons. The Hall–Kier alpha value is -11.2. The number of anilines is 3. The number of nitriles is 1. The Morgan fingerprint density at radius 2 is 0.867 bits per heavy atom. The van der Waals surface area contributed by atoms with Crippen molar-refractivity contribution in [1.82, 2.24) is 23.7 Å². The predicted octanol–water partition coefficient (Wildman–Crippen LogP) is 18.6. The summed E-state index contributed by atoms with van der Waals surface area (Å²) >= 11 is 1.78. The fourth-order valence-electron chi connectivity index (χ4n) is 14.0. The lowest BCUT2D eigenvalue weighted by Gasteiger charge is -2.40. The van der Waals surface area contributed by atoms with E-state index in [9.17, 15) is 5.26 Å². The summed E-state index contributed by atoms with van der Waals surface area (Å²) in [6.07, 6.45) is 4.03. The molecule has 18 rings (SSSR count). The van der Waals surface area contributed by atoms with Gasteiger partial charge < -0.3 is 23.3 Å². The molecular weight excluding hydrogens is 1040 g/mol. The van der Waals surface area contributed by atoms with E-state index in [2.05, 4.69) is 236 Å². The molecule has 9 nitrogen and oxygen atoms in total. The van der Waals surface area contributed by atoms with E-state index in [1.807, 2.05) is 36.7 Å². The van der Waals surface area contributed by atoms with Crippen LogP contribution in [0.15, 0.2) is 253 Å². The van der Waals surface area contributed by atoms with Gasteiger partial charge in [0.05, 0.1) is 103 Å². The number of rotatable bonds is 4. The second-order valence-corrected chi connectivity index (χ2v) is 22.6. The predicted molar refractivity (Wildman–Crippen MR) is 332 cm³/mol. The topological polar surface area (TPSA) is 81.2 Å². The van der Waals surface area contributed by atoms with Gasteiger partial charge in [0.15, 0.2) is 5.69 Å². The summed E-state index contributed by atoms with van der Waals surface area (Å²) in [5.74, 6) is 1.38. The van der Waals surface area contributed by atoms with E-state index in [0.717, 1.165) is 132 Å². The van der Waals surface area contributed by atoms with Crippen molar-refractivity contribution in [2.24, 2.45) is 0 Å². The summed E-state index contributed by atoms with van der Waals surface area (Å²) < 4.78 is 14.5. The Kier molecular flexibility index (Phi) is 9.32. The minimum atomic E-state index is -1.05. The maximum atomic E-state index is 10.1. The highest BCUT2D eigenvalue weighted by molar-refractivity contribution is 7.99. The molecule has 3 aliphatic rings. The van der Waals surface area contributed by atoms with Crippen LogP contribution >= 0.6 is 11.8 Å². The summed E-state index contributed by atoms with van der Waals surface area (Å²) in [7, 11) is 0. The highest BCUT2D eigenvalue weighted by atomic mass is 32.2. The van der Waals surface area contributed by atoms with Crippen LogP contribution in [0.2, 0.25) is 0 Å². The standard InChI is InChI=1S/C73H40N8OS/c1-75-44-27-33-64-54(35-44)52-17-5-9-21-62(52)79(64)46-29-31-56-68(39-46)82-67-38-45(78-61-20-8-4-16-51(61)53-34-43(40-74)26-32-63(53)78)28-30-55(67)73(56)57-36-47(80-59-18-6-2-14-49(59)50-15-3-7-19-60(50)80)41-76-71(57)72-58(73)37-48(42-77-72)81-65-22-10-12-24-69(65)83-70-25-13-11-23-66(70)81/h2-39,41-42H. The van der Waals surface area contributed by atoms with Crippen LogP contribution in [-0.4, -0.2) is 23.7 Å². The van der Waals surface area contributed by atoms with E-state index >= 15 is 0 Å². The van der Waals surface area contributed by atoms with Crippen LogP contribution in [0.5, 0.6) is 11.5 Å². The first kappa shape index (κ1) is 45.7. The van der Waals surface area contributed by atoms with E-state index in [1.165, 1.54) is 10.8 Å². The largest absolute Gasteiger partial charge is 0.457 e. The second kappa shape index (κ2) is 16.9. The monoisotopic (exact) mass is 1080 g/mol. The van der Waals surface area contributed by atoms with Gasteiger partial charge in [-0.3, -0.25) is 9.97 Å². The highest BCUT2D eigenvalue weighted by Crippen LogP contribution is 2.63. The molecule has 0 N–H and O–H groups in total. The van der Waals surface area contributed by atoms with Gasteiger partial charge in [0.25, 0.3) is 0 Å². The van der Waals surface area contributed by atoms with Crippen molar-refractivity contribution in [3.63, 3.8) is 0 Å². The molecule has 10 heteroatoms. The van der Waals surface area contributed by atoms with Gasteiger partial charge in [0.2, 0.25) is 0 Å². The first-order chi connectivity index (χ1) is 41.0. The third-order valence-corrected chi connectivity index (χ3v) is 18.5. The van der Waals surface area contributed by atoms with E-state index in [-0.39, 0.29) is 0 Å². The van der Waals surface area contributed by atoms with Gasteiger partial charge in [-0.2, -0.15) is 5.26 Å². The van der Waals surface area contributed by atoms with Gasteiger partial charge in [-0.25, -0.2) is 4.85 Å². The molecule has 1 aliphatic carbocycles. The van der Waals surface area contributed by atoms with Crippen molar-refractivity contribution in [1.29, 1.82) is 5.26 Å². The zero-order chi connectivity index (χ0) is 54.7. The van der Waals surface area contributed by atoms with Crippen LogP contribution in [0.1, 0.15) is 27.8 Å². The average Bonchev–Trinajstić information content (AvgIpc) is 2.65. The van der Waals surface area contributed by atoms with Crippen molar-refractivity contribution < 1.29 is 4.74 Å². The SMILES string of the molecule is [C-]#[N+]c1ccc2c(c1)c1ccccc1n2-c1ccc2c(c1)Oc1cc(-n3c4ccccc4c4cc(C#N)ccc43)ccc1C21c2cc(N3c4ccccc4Sc4ccccc43)cnc2-c2ncc(-n3c4ccccc4c4ccccc43)cc21. The zero-order valence-electron chi connectivity index (χ0n) is 44.0. The molecule has 0 fully saturated rings. The summed E-state index contributed by atoms with van der Waals surface area (Å²) in [5.41, 5.74) is 17.7. The van der Waals surface area contributed by atoms with Crippen LogP contribution in [0.4, 0.5) is 22.7 Å².